The maximum Gasteiger partial charge on any atom is 0.277 e. The number of halogens is 1. The first-order valence-corrected chi connectivity index (χ1v) is 7.67. The summed E-state index contributed by atoms with van der Waals surface area (Å²) in [6.45, 7) is -0.338. The van der Waals surface area contributed by atoms with Gasteiger partial charge in [0.05, 0.1) is 18.0 Å². The highest BCUT2D eigenvalue weighted by molar-refractivity contribution is 6.30. The topological polar surface area (TPSA) is 124 Å². The van der Waals surface area contributed by atoms with Crippen LogP contribution in [0.3, 0.4) is 0 Å². The zero-order valence-electron chi connectivity index (χ0n) is 13.4. The quantitative estimate of drug-likeness (QED) is 0.368. The van der Waals surface area contributed by atoms with Crippen molar-refractivity contribution < 1.29 is 19.8 Å². The molecule has 0 bridgehead atoms. The lowest BCUT2D eigenvalue weighted by Gasteiger charge is -2.08. The third-order valence-corrected chi connectivity index (χ3v) is 3.33. The number of rotatable bonds is 8. The van der Waals surface area contributed by atoms with Crippen LogP contribution in [-0.4, -0.2) is 34.2 Å². The Balaban J connectivity index is 1.80. The standard InChI is InChI=1S/C16H15ClN4O5/c17-13-3-6-15(22)12(7-13)8-18-19-16(23)10-26-14-4-1-11(2-5-14)9-21(25)20-24/h1-8,22,25H,9-10H2,(H,19,23)/b18-8+. The van der Waals surface area contributed by atoms with Crippen molar-refractivity contribution in [3.63, 3.8) is 0 Å². The molecule has 2 aromatic rings. The minimum atomic E-state index is -0.501. The molecule has 136 valence electrons. The van der Waals surface area contributed by atoms with Crippen molar-refractivity contribution in [3.8, 4) is 11.5 Å². The van der Waals surface area contributed by atoms with Crippen LogP contribution in [0.1, 0.15) is 11.1 Å². The molecule has 0 unspecified atom stereocenters. The van der Waals surface area contributed by atoms with Crippen LogP contribution in [0, 0.1) is 4.91 Å². The van der Waals surface area contributed by atoms with Crippen LogP contribution < -0.4 is 10.2 Å². The summed E-state index contributed by atoms with van der Waals surface area (Å²) >= 11 is 5.81. The van der Waals surface area contributed by atoms with Gasteiger partial charge in [0.15, 0.2) is 6.61 Å². The van der Waals surface area contributed by atoms with Crippen molar-refractivity contribution in [2.24, 2.45) is 10.4 Å². The van der Waals surface area contributed by atoms with Gasteiger partial charge in [0.1, 0.15) is 11.5 Å². The van der Waals surface area contributed by atoms with Crippen LogP contribution in [0.25, 0.3) is 0 Å². The highest BCUT2D eigenvalue weighted by Gasteiger charge is 2.04. The second-order valence-corrected chi connectivity index (χ2v) is 5.48. The number of benzene rings is 2. The zero-order chi connectivity index (χ0) is 18.9. The fraction of sp³-hybridized carbons (Fsp3) is 0.125. The van der Waals surface area contributed by atoms with E-state index in [-0.39, 0.29) is 24.1 Å². The van der Waals surface area contributed by atoms with Crippen LogP contribution in [0.5, 0.6) is 11.5 Å². The van der Waals surface area contributed by atoms with E-state index < -0.39 is 5.91 Å². The Hall–Kier alpha value is -3.17. The van der Waals surface area contributed by atoms with Gasteiger partial charge in [-0.2, -0.15) is 5.10 Å². The summed E-state index contributed by atoms with van der Waals surface area (Å²) in [5.74, 6) is -0.0996. The van der Waals surface area contributed by atoms with Gasteiger partial charge in [0, 0.05) is 10.6 Å². The number of nitrogens with one attached hydrogen (secondary N) is 1. The first-order chi connectivity index (χ1) is 12.5. The molecular weight excluding hydrogens is 364 g/mol. The summed E-state index contributed by atoms with van der Waals surface area (Å²) < 4.78 is 5.28. The van der Waals surface area contributed by atoms with Crippen molar-refractivity contribution in [2.75, 3.05) is 6.61 Å². The molecule has 10 heteroatoms. The van der Waals surface area contributed by atoms with Gasteiger partial charge in [0.25, 0.3) is 5.91 Å². The summed E-state index contributed by atoms with van der Waals surface area (Å²) in [7, 11) is 0. The SMILES string of the molecule is O=NN(O)Cc1ccc(OCC(=O)N/N=C/c2cc(Cl)ccc2O)cc1. The summed E-state index contributed by atoms with van der Waals surface area (Å²) in [6.07, 6.45) is 1.26. The lowest BCUT2D eigenvalue weighted by molar-refractivity contribution is -0.123. The van der Waals surface area contributed by atoms with E-state index in [2.05, 4.69) is 15.8 Å². The number of nitrogens with zero attached hydrogens (tertiary/aromatic N) is 3. The van der Waals surface area contributed by atoms with Gasteiger partial charge in [-0.15, -0.1) is 10.1 Å². The van der Waals surface area contributed by atoms with Gasteiger partial charge in [-0.05, 0) is 35.9 Å². The summed E-state index contributed by atoms with van der Waals surface area (Å²) in [6, 6.07) is 10.8. The molecular formula is C16H15ClN4O5. The van der Waals surface area contributed by atoms with Crippen LogP contribution in [0.4, 0.5) is 0 Å². The highest BCUT2D eigenvalue weighted by atomic mass is 35.5. The Morgan fingerprint density at radius 3 is 2.69 bits per heavy atom. The van der Waals surface area contributed by atoms with Crippen molar-refractivity contribution in [2.45, 2.75) is 6.54 Å². The van der Waals surface area contributed by atoms with E-state index in [1.165, 1.54) is 24.4 Å². The predicted octanol–water partition coefficient (Wildman–Crippen LogP) is 2.45. The number of nitroso groups, excluding NO2 is 1. The molecule has 3 N–H and O–H groups in total. The number of hydroxylamine groups is 1. The highest BCUT2D eigenvalue weighted by Crippen LogP contribution is 2.19. The molecule has 0 saturated carbocycles. The van der Waals surface area contributed by atoms with E-state index >= 15 is 0 Å². The Labute approximate surface area is 153 Å². The lowest BCUT2D eigenvalue weighted by atomic mass is 10.2. The zero-order valence-corrected chi connectivity index (χ0v) is 14.1. The van der Waals surface area contributed by atoms with Gasteiger partial charge in [-0.1, -0.05) is 23.7 Å². The number of hydrogen-bond donors (Lipinski definition) is 3. The molecule has 0 atom stereocenters. The van der Waals surface area contributed by atoms with E-state index in [0.29, 0.717) is 21.9 Å². The number of amides is 1. The normalized spacial score (nSPS) is 10.5. The summed E-state index contributed by atoms with van der Waals surface area (Å²) in [5.41, 5.74) is 3.25. The number of aromatic hydroxyl groups is 1. The number of hydrazone groups is 1. The van der Waals surface area contributed by atoms with E-state index in [4.69, 9.17) is 21.5 Å². The number of ether oxygens (including phenoxy) is 1. The largest absolute Gasteiger partial charge is 0.507 e. The van der Waals surface area contributed by atoms with Gasteiger partial charge < -0.3 is 9.84 Å². The number of phenolic OH excluding ortho intramolecular Hbond substituents is 1. The third kappa shape index (κ3) is 6.04. The smallest absolute Gasteiger partial charge is 0.277 e. The molecule has 0 spiro atoms. The van der Waals surface area contributed by atoms with Gasteiger partial charge >= 0.3 is 0 Å². The molecule has 0 fully saturated rings. The summed E-state index contributed by atoms with van der Waals surface area (Å²) in [4.78, 5) is 21.8. The molecule has 0 aliphatic heterocycles. The van der Waals surface area contributed by atoms with Crippen molar-refractivity contribution in [3.05, 3.63) is 63.5 Å². The fourth-order valence-electron chi connectivity index (χ4n) is 1.87. The molecule has 26 heavy (non-hydrogen) atoms. The third-order valence-electron chi connectivity index (χ3n) is 3.09. The average Bonchev–Trinajstić information content (AvgIpc) is 2.64. The molecule has 9 nitrogen and oxygen atoms in total. The summed E-state index contributed by atoms with van der Waals surface area (Å²) in [5, 5.41) is 25.4. The molecule has 0 aliphatic rings. The van der Waals surface area contributed by atoms with Gasteiger partial charge in [-0.3, -0.25) is 10.0 Å². The van der Waals surface area contributed by atoms with Crippen LogP contribution in [0.2, 0.25) is 5.02 Å². The molecule has 0 aromatic heterocycles. The lowest BCUT2D eigenvalue weighted by Crippen LogP contribution is -2.24. The molecule has 0 saturated heterocycles. The molecule has 2 rings (SSSR count). The van der Waals surface area contributed by atoms with E-state index in [1.54, 1.807) is 24.3 Å². The Kier molecular flexibility index (Phi) is 6.89. The average molecular weight is 379 g/mol. The molecule has 0 radical (unpaired) electrons. The Morgan fingerprint density at radius 2 is 2.00 bits per heavy atom. The molecule has 0 aliphatic carbocycles. The molecule has 1 amide bonds. The first kappa shape index (κ1) is 19.2. The Bertz CT molecular complexity index is 798. The number of hydrogen-bond acceptors (Lipinski definition) is 7. The van der Waals surface area contributed by atoms with E-state index in [1.807, 2.05) is 0 Å². The maximum atomic E-state index is 11.7. The van der Waals surface area contributed by atoms with E-state index in [9.17, 15) is 14.8 Å². The number of phenols is 1. The van der Waals surface area contributed by atoms with E-state index in [0.717, 1.165) is 0 Å². The van der Waals surface area contributed by atoms with Crippen LogP contribution in [-0.2, 0) is 11.3 Å². The minimum Gasteiger partial charge on any atom is -0.507 e. The second kappa shape index (κ2) is 9.35. The van der Waals surface area contributed by atoms with Crippen molar-refractivity contribution in [1.82, 2.24) is 10.6 Å². The van der Waals surface area contributed by atoms with Crippen LogP contribution >= 0.6 is 11.6 Å². The van der Waals surface area contributed by atoms with Crippen molar-refractivity contribution in [1.29, 1.82) is 0 Å². The minimum absolute atomic E-state index is 0.0186. The molecule has 0 heterocycles. The van der Waals surface area contributed by atoms with Gasteiger partial charge in [-0.25, -0.2) is 5.43 Å². The van der Waals surface area contributed by atoms with Gasteiger partial charge in [0.2, 0.25) is 0 Å². The second-order valence-electron chi connectivity index (χ2n) is 5.04. The Morgan fingerprint density at radius 1 is 1.27 bits per heavy atom. The fourth-order valence-corrected chi connectivity index (χ4v) is 2.05. The predicted molar refractivity (Wildman–Crippen MR) is 93.9 cm³/mol. The van der Waals surface area contributed by atoms with Crippen molar-refractivity contribution >= 4 is 23.7 Å². The van der Waals surface area contributed by atoms with Crippen LogP contribution in [0.15, 0.2) is 52.9 Å². The number of carbonyl (C=O) groups is 1. The number of carbonyl (C=O) groups excluding carboxylic acids is 1. The first-order valence-electron chi connectivity index (χ1n) is 7.30. The monoisotopic (exact) mass is 378 g/mol. The molecule has 2 aromatic carbocycles. The maximum absolute atomic E-state index is 11.7.